The van der Waals surface area contributed by atoms with Crippen molar-refractivity contribution in [1.29, 1.82) is 0 Å². The smallest absolute Gasteiger partial charge is 0.256 e. The van der Waals surface area contributed by atoms with Gasteiger partial charge in [0, 0.05) is 18.8 Å². The Morgan fingerprint density at radius 3 is 2.46 bits per heavy atom. The predicted molar refractivity (Wildman–Crippen MR) is 106 cm³/mol. The third-order valence-electron chi connectivity index (χ3n) is 4.87. The van der Waals surface area contributed by atoms with Crippen LogP contribution in [0.5, 0.6) is 0 Å². The summed E-state index contributed by atoms with van der Waals surface area (Å²) >= 11 is 0. The maximum Gasteiger partial charge on any atom is 0.256 e. The Labute approximate surface area is 163 Å². The van der Waals surface area contributed by atoms with Crippen molar-refractivity contribution in [3.05, 3.63) is 72.1 Å². The number of nitrogens with zero attached hydrogens (tertiary/aromatic N) is 4. The van der Waals surface area contributed by atoms with Crippen molar-refractivity contribution < 1.29 is 9.90 Å². The molecule has 4 rings (SSSR count). The van der Waals surface area contributed by atoms with E-state index in [1.54, 1.807) is 29.6 Å². The van der Waals surface area contributed by atoms with Crippen molar-refractivity contribution in [1.82, 2.24) is 19.9 Å². The van der Waals surface area contributed by atoms with Crippen molar-refractivity contribution >= 4 is 17.3 Å². The molecule has 0 spiro atoms. The molecule has 0 atom stereocenters. The minimum Gasteiger partial charge on any atom is -0.384 e. The van der Waals surface area contributed by atoms with Crippen LogP contribution in [0.1, 0.15) is 35.9 Å². The summed E-state index contributed by atoms with van der Waals surface area (Å²) in [6, 6.07) is 17.4. The molecule has 7 nitrogen and oxygen atoms in total. The zero-order chi connectivity index (χ0) is 19.7. The van der Waals surface area contributed by atoms with Crippen LogP contribution in [0.2, 0.25) is 0 Å². The van der Waals surface area contributed by atoms with Crippen LogP contribution in [0.3, 0.4) is 0 Å². The first-order valence-electron chi connectivity index (χ1n) is 9.27. The number of likely N-dealkylation sites (tertiary alicyclic amines) is 1. The van der Waals surface area contributed by atoms with Crippen molar-refractivity contribution in [2.24, 2.45) is 0 Å². The van der Waals surface area contributed by atoms with E-state index >= 15 is 0 Å². The second-order valence-corrected chi connectivity index (χ2v) is 7.54. The van der Waals surface area contributed by atoms with Gasteiger partial charge in [0.1, 0.15) is 11.3 Å². The quantitative estimate of drug-likeness (QED) is 0.714. The van der Waals surface area contributed by atoms with Gasteiger partial charge in [-0.2, -0.15) is 0 Å². The summed E-state index contributed by atoms with van der Waals surface area (Å²) in [4.78, 5) is 14.8. The summed E-state index contributed by atoms with van der Waals surface area (Å²) in [5.41, 5.74) is 1.85. The Bertz CT molecular complexity index is 972. The van der Waals surface area contributed by atoms with Crippen molar-refractivity contribution in [3.63, 3.8) is 0 Å². The first-order valence-corrected chi connectivity index (χ1v) is 9.27. The molecule has 1 aromatic heterocycles. The van der Waals surface area contributed by atoms with Gasteiger partial charge >= 0.3 is 0 Å². The Balaban J connectivity index is 1.45. The number of aromatic nitrogens is 3. The lowest BCUT2D eigenvalue weighted by Crippen LogP contribution is -2.51. The standard InChI is InChI=1S/C21H23N5O2/c1-21(2,28)19-14-26(24-23-19)16-12-25(13-16)20(27)17-10-6-7-11-18(17)22-15-8-4-3-5-9-15/h3-11,14,16,22,28H,12-13H2,1-2H3. The van der Waals surface area contributed by atoms with Gasteiger partial charge in [0.15, 0.2) is 0 Å². The van der Waals surface area contributed by atoms with E-state index in [1.165, 1.54) is 0 Å². The van der Waals surface area contributed by atoms with E-state index in [1.807, 2.05) is 54.6 Å². The first kappa shape index (κ1) is 18.2. The van der Waals surface area contributed by atoms with Gasteiger partial charge < -0.3 is 15.3 Å². The maximum absolute atomic E-state index is 13.0. The molecule has 0 aliphatic carbocycles. The second-order valence-electron chi connectivity index (χ2n) is 7.54. The van der Waals surface area contributed by atoms with Gasteiger partial charge in [0.25, 0.3) is 5.91 Å². The van der Waals surface area contributed by atoms with Crippen LogP contribution < -0.4 is 5.32 Å². The van der Waals surface area contributed by atoms with E-state index < -0.39 is 5.60 Å². The summed E-state index contributed by atoms with van der Waals surface area (Å²) in [5, 5.41) is 21.5. The van der Waals surface area contributed by atoms with Crippen molar-refractivity contribution in [2.75, 3.05) is 18.4 Å². The second kappa shape index (κ2) is 7.09. The number of carbonyl (C=O) groups excluding carboxylic acids is 1. The monoisotopic (exact) mass is 377 g/mol. The van der Waals surface area contributed by atoms with Crippen LogP contribution >= 0.6 is 0 Å². The Morgan fingerprint density at radius 1 is 1.11 bits per heavy atom. The Kier molecular flexibility index (Phi) is 4.60. The number of amides is 1. The van der Waals surface area contributed by atoms with Crippen molar-refractivity contribution in [3.8, 4) is 0 Å². The molecule has 3 aromatic rings. The number of carbonyl (C=O) groups is 1. The minimum absolute atomic E-state index is 0.0156. The maximum atomic E-state index is 13.0. The number of para-hydroxylation sites is 2. The number of hydrogen-bond acceptors (Lipinski definition) is 5. The number of aliphatic hydroxyl groups is 1. The molecule has 0 radical (unpaired) electrons. The normalized spacial score (nSPS) is 14.6. The highest BCUT2D eigenvalue weighted by Crippen LogP contribution is 2.28. The summed E-state index contributed by atoms with van der Waals surface area (Å²) in [6.45, 7) is 4.48. The average Bonchev–Trinajstić information content (AvgIpc) is 3.12. The molecular weight excluding hydrogens is 354 g/mol. The number of rotatable bonds is 5. The van der Waals surface area contributed by atoms with E-state index in [2.05, 4.69) is 15.6 Å². The molecule has 0 bridgehead atoms. The van der Waals surface area contributed by atoms with E-state index in [9.17, 15) is 9.90 Å². The summed E-state index contributed by atoms with van der Waals surface area (Å²) in [5.74, 6) is -0.0156. The fraction of sp³-hybridized carbons (Fsp3) is 0.286. The van der Waals surface area contributed by atoms with E-state index in [0.717, 1.165) is 11.4 Å². The van der Waals surface area contributed by atoms with Gasteiger partial charge in [-0.15, -0.1) is 5.10 Å². The molecule has 0 unspecified atom stereocenters. The van der Waals surface area contributed by atoms with Crippen LogP contribution in [0.4, 0.5) is 11.4 Å². The number of benzene rings is 2. The van der Waals surface area contributed by atoms with Crippen LogP contribution in [-0.2, 0) is 5.60 Å². The topological polar surface area (TPSA) is 83.3 Å². The predicted octanol–water partition coefficient (Wildman–Crippen LogP) is 2.95. The highest BCUT2D eigenvalue weighted by Gasteiger charge is 2.34. The van der Waals surface area contributed by atoms with Gasteiger partial charge in [-0.05, 0) is 38.1 Å². The summed E-state index contributed by atoms with van der Waals surface area (Å²) < 4.78 is 1.73. The van der Waals surface area contributed by atoms with Gasteiger partial charge in [-0.3, -0.25) is 4.79 Å². The third-order valence-corrected chi connectivity index (χ3v) is 4.87. The van der Waals surface area contributed by atoms with Gasteiger partial charge in [0.05, 0.1) is 23.5 Å². The molecule has 0 saturated carbocycles. The third kappa shape index (κ3) is 3.61. The molecule has 1 saturated heterocycles. The molecule has 7 heteroatoms. The fourth-order valence-electron chi connectivity index (χ4n) is 3.15. The average molecular weight is 377 g/mol. The highest BCUT2D eigenvalue weighted by atomic mass is 16.3. The summed E-state index contributed by atoms with van der Waals surface area (Å²) in [6.07, 6.45) is 1.75. The molecule has 1 aliphatic rings. The lowest BCUT2D eigenvalue weighted by Gasteiger charge is -2.39. The Morgan fingerprint density at radius 2 is 1.79 bits per heavy atom. The molecule has 1 aliphatic heterocycles. The fourth-order valence-corrected chi connectivity index (χ4v) is 3.15. The zero-order valence-electron chi connectivity index (χ0n) is 15.9. The highest BCUT2D eigenvalue weighted by molar-refractivity contribution is 6.00. The van der Waals surface area contributed by atoms with E-state index in [-0.39, 0.29) is 11.9 Å². The van der Waals surface area contributed by atoms with Crippen LogP contribution in [0, 0.1) is 0 Å². The largest absolute Gasteiger partial charge is 0.384 e. The molecule has 144 valence electrons. The Hall–Kier alpha value is -3.19. The van der Waals surface area contributed by atoms with Crippen LogP contribution in [0.15, 0.2) is 60.8 Å². The first-order chi connectivity index (χ1) is 13.4. The van der Waals surface area contributed by atoms with E-state index in [4.69, 9.17) is 0 Å². The van der Waals surface area contributed by atoms with Gasteiger partial charge in [0.2, 0.25) is 0 Å². The summed E-state index contributed by atoms with van der Waals surface area (Å²) in [7, 11) is 0. The van der Waals surface area contributed by atoms with Gasteiger partial charge in [-0.1, -0.05) is 35.5 Å². The number of hydrogen-bond donors (Lipinski definition) is 2. The van der Waals surface area contributed by atoms with Gasteiger partial charge in [-0.25, -0.2) is 4.68 Å². The van der Waals surface area contributed by atoms with E-state index in [0.29, 0.717) is 24.3 Å². The number of nitrogens with one attached hydrogen (secondary N) is 1. The molecule has 2 heterocycles. The lowest BCUT2D eigenvalue weighted by molar-refractivity contribution is 0.0497. The minimum atomic E-state index is -1.03. The lowest BCUT2D eigenvalue weighted by atomic mass is 10.0. The SMILES string of the molecule is CC(C)(O)c1cn(C2CN(C(=O)c3ccccc3Nc3ccccc3)C2)nn1. The molecule has 2 aromatic carbocycles. The van der Waals surface area contributed by atoms with Crippen molar-refractivity contribution in [2.45, 2.75) is 25.5 Å². The zero-order valence-corrected chi connectivity index (χ0v) is 15.9. The number of anilines is 2. The molecule has 28 heavy (non-hydrogen) atoms. The van der Waals surface area contributed by atoms with Crippen LogP contribution in [-0.4, -0.2) is 44.0 Å². The molecule has 2 N–H and O–H groups in total. The molecule has 1 fully saturated rings. The molecule has 1 amide bonds. The molecular formula is C21H23N5O2. The van der Waals surface area contributed by atoms with Crippen LogP contribution in [0.25, 0.3) is 0 Å².